The molecule has 1 aromatic heterocycles. The molecule has 2 aromatic carbocycles. The highest BCUT2D eigenvalue weighted by molar-refractivity contribution is 7.22. The first-order valence-electron chi connectivity index (χ1n) is 7.37. The van der Waals surface area contributed by atoms with E-state index in [-0.39, 0.29) is 19.3 Å². The first-order valence-corrected chi connectivity index (χ1v) is 8.19. The van der Waals surface area contributed by atoms with Crippen LogP contribution in [0.2, 0.25) is 0 Å². The molecule has 0 fully saturated rings. The number of carbonyl (C=O) groups is 1. The smallest absolute Gasteiger partial charge is 0.264 e. The van der Waals surface area contributed by atoms with Gasteiger partial charge in [-0.1, -0.05) is 29.5 Å². The van der Waals surface area contributed by atoms with Crippen LogP contribution in [0.1, 0.15) is 5.56 Å². The Labute approximate surface area is 142 Å². The normalized spacial score (nSPS) is 12.4. The Morgan fingerprint density at radius 1 is 1.29 bits per heavy atom. The van der Waals surface area contributed by atoms with Gasteiger partial charge in [0.15, 0.2) is 23.2 Å². The molecular weight excluding hydrogens is 328 g/mol. The molecule has 122 valence electrons. The van der Waals surface area contributed by atoms with Gasteiger partial charge >= 0.3 is 0 Å². The van der Waals surface area contributed by atoms with Crippen molar-refractivity contribution in [3.63, 3.8) is 0 Å². The van der Waals surface area contributed by atoms with Crippen LogP contribution in [-0.4, -0.2) is 24.3 Å². The van der Waals surface area contributed by atoms with Gasteiger partial charge in [-0.3, -0.25) is 10.1 Å². The number of hydrogen-bond acceptors (Lipinski definition) is 6. The van der Waals surface area contributed by atoms with Gasteiger partial charge in [0.25, 0.3) is 5.91 Å². The van der Waals surface area contributed by atoms with Crippen molar-refractivity contribution >= 4 is 32.6 Å². The molecule has 1 amide bonds. The molecule has 1 aliphatic rings. The molecule has 0 saturated heterocycles. The van der Waals surface area contributed by atoms with Crippen LogP contribution < -0.4 is 19.5 Å². The Kier molecular flexibility index (Phi) is 3.70. The highest BCUT2D eigenvalue weighted by Crippen LogP contribution is 2.38. The summed E-state index contributed by atoms with van der Waals surface area (Å²) in [6.07, 6.45) is 0. The van der Waals surface area contributed by atoms with Crippen LogP contribution in [-0.2, 0) is 4.79 Å². The van der Waals surface area contributed by atoms with Gasteiger partial charge in [-0.15, -0.1) is 0 Å². The SMILES string of the molecule is Cc1ccccc1OCC(=O)Nc1nc2cc3c(cc2s1)OCO3. The number of anilines is 1. The predicted octanol–water partition coefficient (Wildman–Crippen LogP) is 3.35. The van der Waals surface area contributed by atoms with E-state index in [1.54, 1.807) is 0 Å². The molecule has 24 heavy (non-hydrogen) atoms. The monoisotopic (exact) mass is 342 g/mol. The highest BCUT2D eigenvalue weighted by Gasteiger charge is 2.17. The molecule has 1 aliphatic heterocycles. The average molecular weight is 342 g/mol. The van der Waals surface area contributed by atoms with E-state index in [1.807, 2.05) is 43.3 Å². The van der Waals surface area contributed by atoms with Crippen LogP contribution in [0.4, 0.5) is 5.13 Å². The maximum Gasteiger partial charge on any atom is 0.264 e. The molecule has 7 heteroatoms. The number of carbonyl (C=O) groups excluding carboxylic acids is 1. The van der Waals surface area contributed by atoms with Gasteiger partial charge in [-0.25, -0.2) is 4.98 Å². The molecule has 2 heterocycles. The van der Waals surface area contributed by atoms with Crippen molar-refractivity contribution in [3.05, 3.63) is 42.0 Å². The van der Waals surface area contributed by atoms with E-state index in [4.69, 9.17) is 14.2 Å². The molecule has 4 rings (SSSR count). The van der Waals surface area contributed by atoms with Crippen molar-refractivity contribution < 1.29 is 19.0 Å². The fraction of sp³-hybridized carbons (Fsp3) is 0.176. The second-order valence-corrected chi connectivity index (χ2v) is 6.33. The van der Waals surface area contributed by atoms with Crippen molar-refractivity contribution in [2.75, 3.05) is 18.7 Å². The first kappa shape index (κ1) is 14.8. The van der Waals surface area contributed by atoms with Crippen LogP contribution in [0.5, 0.6) is 17.2 Å². The zero-order chi connectivity index (χ0) is 16.5. The van der Waals surface area contributed by atoms with Gasteiger partial charge in [-0.2, -0.15) is 0 Å². The van der Waals surface area contributed by atoms with Crippen LogP contribution in [0.25, 0.3) is 10.2 Å². The maximum atomic E-state index is 12.1. The standard InChI is InChI=1S/C17H14N2O4S/c1-10-4-2-3-5-12(10)21-8-16(20)19-17-18-11-6-13-14(23-9-22-13)7-15(11)24-17/h2-7H,8-9H2,1H3,(H,18,19,20). The third-order valence-corrected chi connectivity index (χ3v) is 4.52. The number of aromatic nitrogens is 1. The van der Waals surface area contributed by atoms with Crippen LogP contribution in [0.3, 0.4) is 0 Å². The quantitative estimate of drug-likeness (QED) is 0.787. The van der Waals surface area contributed by atoms with Crippen molar-refractivity contribution in [2.24, 2.45) is 0 Å². The van der Waals surface area contributed by atoms with Crippen LogP contribution in [0.15, 0.2) is 36.4 Å². The van der Waals surface area contributed by atoms with Crippen molar-refractivity contribution in [1.82, 2.24) is 4.98 Å². The summed E-state index contributed by atoms with van der Waals surface area (Å²) in [5, 5.41) is 3.28. The zero-order valence-electron chi connectivity index (χ0n) is 12.9. The second kappa shape index (κ2) is 6.01. The molecule has 0 atom stereocenters. The first-order chi connectivity index (χ1) is 11.7. The number of para-hydroxylation sites is 1. The summed E-state index contributed by atoms with van der Waals surface area (Å²) in [5.41, 5.74) is 1.75. The largest absolute Gasteiger partial charge is 0.483 e. The lowest BCUT2D eigenvalue weighted by atomic mass is 10.2. The molecule has 0 bridgehead atoms. The molecule has 6 nitrogen and oxygen atoms in total. The number of thiazole rings is 1. The lowest BCUT2D eigenvalue weighted by Crippen LogP contribution is -2.20. The third kappa shape index (κ3) is 2.85. The van der Waals surface area contributed by atoms with E-state index in [0.717, 1.165) is 15.8 Å². The van der Waals surface area contributed by atoms with Gasteiger partial charge in [0.2, 0.25) is 6.79 Å². The minimum Gasteiger partial charge on any atom is -0.483 e. The van der Waals surface area contributed by atoms with E-state index in [1.165, 1.54) is 11.3 Å². The summed E-state index contributed by atoms with van der Waals surface area (Å²) in [6.45, 7) is 2.10. The van der Waals surface area contributed by atoms with Gasteiger partial charge in [0.05, 0.1) is 10.2 Å². The Hall–Kier alpha value is -2.80. The molecule has 0 radical (unpaired) electrons. The van der Waals surface area contributed by atoms with Crippen molar-refractivity contribution in [1.29, 1.82) is 0 Å². The van der Waals surface area contributed by atoms with Crippen molar-refractivity contribution in [3.8, 4) is 17.2 Å². The van der Waals surface area contributed by atoms with E-state index in [0.29, 0.717) is 22.4 Å². The minimum absolute atomic E-state index is 0.0660. The molecule has 0 spiro atoms. The number of nitrogens with one attached hydrogen (secondary N) is 1. The zero-order valence-corrected chi connectivity index (χ0v) is 13.7. The van der Waals surface area contributed by atoms with E-state index >= 15 is 0 Å². The Morgan fingerprint density at radius 2 is 2.08 bits per heavy atom. The number of hydrogen-bond donors (Lipinski definition) is 1. The van der Waals surface area contributed by atoms with Gasteiger partial charge in [-0.05, 0) is 18.6 Å². The third-order valence-electron chi connectivity index (χ3n) is 3.58. The number of benzene rings is 2. The molecular formula is C17H14N2O4S. The highest BCUT2D eigenvalue weighted by atomic mass is 32.1. The number of amides is 1. The van der Waals surface area contributed by atoms with Gasteiger partial charge in [0, 0.05) is 12.1 Å². The summed E-state index contributed by atoms with van der Waals surface area (Å²) in [5.74, 6) is 1.82. The summed E-state index contributed by atoms with van der Waals surface area (Å²) >= 11 is 1.38. The average Bonchev–Trinajstić information content (AvgIpc) is 3.16. The van der Waals surface area contributed by atoms with Crippen LogP contribution >= 0.6 is 11.3 Å². The molecule has 0 unspecified atom stereocenters. The van der Waals surface area contributed by atoms with Gasteiger partial charge < -0.3 is 14.2 Å². The molecule has 3 aromatic rings. The fourth-order valence-corrected chi connectivity index (χ4v) is 3.28. The Balaban J connectivity index is 1.44. The lowest BCUT2D eigenvalue weighted by Gasteiger charge is -2.07. The number of fused-ring (bicyclic) bond motifs is 2. The number of ether oxygens (including phenoxy) is 3. The Morgan fingerprint density at radius 3 is 2.92 bits per heavy atom. The summed E-state index contributed by atoms with van der Waals surface area (Å²) < 4.78 is 17.1. The summed E-state index contributed by atoms with van der Waals surface area (Å²) in [4.78, 5) is 16.5. The number of aryl methyl sites for hydroxylation is 1. The fourth-order valence-electron chi connectivity index (χ4n) is 2.39. The van der Waals surface area contributed by atoms with E-state index in [9.17, 15) is 4.79 Å². The summed E-state index contributed by atoms with van der Waals surface area (Å²) in [6, 6.07) is 11.2. The minimum atomic E-state index is -0.252. The second-order valence-electron chi connectivity index (χ2n) is 5.29. The molecule has 0 aliphatic carbocycles. The van der Waals surface area contributed by atoms with E-state index in [2.05, 4.69) is 10.3 Å². The number of nitrogens with zero attached hydrogens (tertiary/aromatic N) is 1. The molecule has 0 saturated carbocycles. The van der Waals surface area contributed by atoms with Gasteiger partial charge in [0.1, 0.15) is 5.75 Å². The van der Waals surface area contributed by atoms with Crippen molar-refractivity contribution in [2.45, 2.75) is 6.92 Å². The maximum absolute atomic E-state index is 12.1. The topological polar surface area (TPSA) is 69.7 Å². The lowest BCUT2D eigenvalue weighted by molar-refractivity contribution is -0.118. The number of rotatable bonds is 4. The Bertz CT molecular complexity index is 881. The van der Waals surface area contributed by atoms with Crippen LogP contribution in [0, 0.1) is 6.92 Å². The predicted molar refractivity (Wildman–Crippen MR) is 91.0 cm³/mol. The molecule has 1 N–H and O–H groups in total. The summed E-state index contributed by atoms with van der Waals surface area (Å²) in [7, 11) is 0. The van der Waals surface area contributed by atoms with E-state index < -0.39 is 0 Å².